The number of nitrogens with one attached hydrogen (secondary N) is 1. The predicted octanol–water partition coefficient (Wildman–Crippen LogP) is 5.01. The van der Waals surface area contributed by atoms with E-state index in [-0.39, 0.29) is 23.9 Å². The van der Waals surface area contributed by atoms with E-state index in [0.717, 1.165) is 0 Å². The SMILES string of the molecule is CNC(=O)c1ccc(OC(CN2CCN(C(=O)OC(C)(C)C)[C@H](C)C2)c2ccc(Br)c(F)c2)cc1. The van der Waals surface area contributed by atoms with Crippen LogP contribution in [0.2, 0.25) is 0 Å². The summed E-state index contributed by atoms with van der Waals surface area (Å²) in [5, 5.41) is 2.59. The van der Waals surface area contributed by atoms with E-state index in [0.29, 0.717) is 47.5 Å². The van der Waals surface area contributed by atoms with Gasteiger partial charge in [-0.25, -0.2) is 9.18 Å². The normalized spacial score (nSPS) is 17.6. The van der Waals surface area contributed by atoms with Crippen LogP contribution in [-0.2, 0) is 4.74 Å². The maximum Gasteiger partial charge on any atom is 0.410 e. The molecule has 0 bridgehead atoms. The van der Waals surface area contributed by atoms with Crippen LogP contribution in [-0.4, -0.2) is 66.7 Å². The monoisotopic (exact) mass is 549 g/mol. The second kappa shape index (κ2) is 11.4. The Hall–Kier alpha value is -2.65. The molecular formula is C26H33BrFN3O4. The Kier molecular flexibility index (Phi) is 8.77. The highest BCUT2D eigenvalue weighted by Crippen LogP contribution is 2.28. The zero-order chi connectivity index (χ0) is 25.8. The van der Waals surface area contributed by atoms with E-state index in [9.17, 15) is 14.0 Å². The first-order valence-corrected chi connectivity index (χ1v) is 12.4. The Morgan fingerprint density at radius 3 is 2.43 bits per heavy atom. The van der Waals surface area contributed by atoms with Crippen LogP contribution in [0.1, 0.15) is 49.7 Å². The molecule has 1 fully saturated rings. The van der Waals surface area contributed by atoms with Crippen molar-refractivity contribution in [2.24, 2.45) is 0 Å². The van der Waals surface area contributed by atoms with Gasteiger partial charge in [0.25, 0.3) is 5.91 Å². The van der Waals surface area contributed by atoms with Crippen molar-refractivity contribution in [1.29, 1.82) is 0 Å². The molecule has 1 heterocycles. The zero-order valence-electron chi connectivity index (χ0n) is 20.8. The molecule has 7 nitrogen and oxygen atoms in total. The van der Waals surface area contributed by atoms with E-state index in [1.807, 2.05) is 33.8 Å². The molecule has 2 atom stereocenters. The lowest BCUT2D eigenvalue weighted by Crippen LogP contribution is -2.55. The smallest absolute Gasteiger partial charge is 0.410 e. The van der Waals surface area contributed by atoms with Crippen LogP contribution < -0.4 is 10.1 Å². The highest BCUT2D eigenvalue weighted by Gasteiger charge is 2.32. The lowest BCUT2D eigenvalue weighted by Gasteiger charge is -2.41. The highest BCUT2D eigenvalue weighted by atomic mass is 79.9. The van der Waals surface area contributed by atoms with Crippen molar-refractivity contribution in [3.05, 3.63) is 63.9 Å². The minimum absolute atomic E-state index is 0.0484. The second-order valence-electron chi connectivity index (χ2n) is 9.67. The van der Waals surface area contributed by atoms with Crippen LogP contribution >= 0.6 is 15.9 Å². The largest absolute Gasteiger partial charge is 0.484 e. The molecule has 2 aromatic rings. The fourth-order valence-electron chi connectivity index (χ4n) is 3.94. The first-order chi connectivity index (χ1) is 16.5. The number of benzene rings is 2. The lowest BCUT2D eigenvalue weighted by atomic mass is 10.1. The lowest BCUT2D eigenvalue weighted by molar-refractivity contribution is -0.00299. The minimum Gasteiger partial charge on any atom is -0.484 e. The number of nitrogens with zero attached hydrogens (tertiary/aromatic N) is 2. The summed E-state index contributed by atoms with van der Waals surface area (Å²) in [5.41, 5.74) is 0.674. The van der Waals surface area contributed by atoms with Gasteiger partial charge in [0.05, 0.1) is 4.47 Å². The average molecular weight is 550 g/mol. The van der Waals surface area contributed by atoms with Crippen molar-refractivity contribution in [2.75, 3.05) is 33.2 Å². The summed E-state index contributed by atoms with van der Waals surface area (Å²) in [6.45, 7) is 9.85. The number of halogens is 2. The third kappa shape index (κ3) is 7.41. The van der Waals surface area contributed by atoms with Crippen LogP contribution in [0.3, 0.4) is 0 Å². The molecule has 1 N–H and O–H groups in total. The Labute approximate surface area is 214 Å². The molecule has 3 rings (SSSR count). The van der Waals surface area contributed by atoms with Gasteiger partial charge in [0.15, 0.2) is 0 Å². The molecule has 0 radical (unpaired) electrons. The van der Waals surface area contributed by atoms with Crippen molar-refractivity contribution >= 4 is 27.9 Å². The topological polar surface area (TPSA) is 71.1 Å². The van der Waals surface area contributed by atoms with Crippen LogP contribution in [0.5, 0.6) is 5.75 Å². The molecule has 1 aliphatic rings. The third-order valence-corrected chi connectivity index (χ3v) is 6.34. The maximum absolute atomic E-state index is 14.4. The number of carbonyl (C=O) groups excluding carboxylic acids is 2. The molecule has 0 spiro atoms. The first-order valence-electron chi connectivity index (χ1n) is 11.6. The van der Waals surface area contributed by atoms with Crippen LogP contribution in [0.15, 0.2) is 46.9 Å². The summed E-state index contributed by atoms with van der Waals surface area (Å²) in [7, 11) is 1.58. The molecule has 0 saturated carbocycles. The van der Waals surface area contributed by atoms with Crippen LogP contribution in [0.4, 0.5) is 9.18 Å². The van der Waals surface area contributed by atoms with Gasteiger partial charge in [-0.05, 0) is 85.6 Å². The summed E-state index contributed by atoms with van der Waals surface area (Å²) in [6.07, 6.45) is -0.771. The van der Waals surface area contributed by atoms with Gasteiger partial charge in [-0.15, -0.1) is 0 Å². The quantitative estimate of drug-likeness (QED) is 0.548. The van der Waals surface area contributed by atoms with Gasteiger partial charge in [-0.1, -0.05) is 6.07 Å². The fraction of sp³-hybridized carbons (Fsp3) is 0.462. The summed E-state index contributed by atoms with van der Waals surface area (Å²) in [4.78, 5) is 28.4. The van der Waals surface area contributed by atoms with E-state index in [1.54, 1.807) is 42.3 Å². The molecule has 9 heteroatoms. The fourth-order valence-corrected chi connectivity index (χ4v) is 4.19. The summed E-state index contributed by atoms with van der Waals surface area (Å²) in [6, 6.07) is 11.8. The number of hydrogen-bond acceptors (Lipinski definition) is 5. The van der Waals surface area contributed by atoms with Gasteiger partial charge in [0.1, 0.15) is 23.3 Å². The van der Waals surface area contributed by atoms with Crippen molar-refractivity contribution in [3.63, 3.8) is 0 Å². The van der Waals surface area contributed by atoms with E-state index in [2.05, 4.69) is 26.1 Å². The van der Waals surface area contributed by atoms with Crippen molar-refractivity contribution in [2.45, 2.75) is 45.4 Å². The minimum atomic E-state index is -0.550. The van der Waals surface area contributed by atoms with Gasteiger partial charge in [-0.2, -0.15) is 0 Å². The summed E-state index contributed by atoms with van der Waals surface area (Å²) < 4.78 is 26.6. The number of piperazine rings is 1. The van der Waals surface area contributed by atoms with Crippen LogP contribution in [0.25, 0.3) is 0 Å². The van der Waals surface area contributed by atoms with Gasteiger partial charge in [0, 0.05) is 44.8 Å². The van der Waals surface area contributed by atoms with Gasteiger partial charge in [-0.3, -0.25) is 9.69 Å². The van der Waals surface area contributed by atoms with Crippen LogP contribution in [0, 0.1) is 5.82 Å². The van der Waals surface area contributed by atoms with E-state index >= 15 is 0 Å². The molecule has 1 unspecified atom stereocenters. The Bertz CT molecular complexity index is 1040. The maximum atomic E-state index is 14.4. The standard InChI is InChI=1S/C26H33BrFN3O4/c1-17-15-30(12-13-31(17)25(33)35-26(2,3)4)16-23(19-8-11-21(27)22(28)14-19)34-20-9-6-18(7-10-20)24(32)29-5/h6-11,14,17,23H,12-13,15-16H2,1-5H3,(H,29,32)/t17-,23?/m1/s1. The van der Waals surface area contributed by atoms with Gasteiger partial charge >= 0.3 is 6.09 Å². The molecule has 0 aromatic heterocycles. The Morgan fingerprint density at radius 2 is 1.86 bits per heavy atom. The average Bonchev–Trinajstić information content (AvgIpc) is 2.79. The molecule has 1 saturated heterocycles. The van der Waals surface area contributed by atoms with Crippen molar-refractivity contribution < 1.29 is 23.5 Å². The Morgan fingerprint density at radius 1 is 1.17 bits per heavy atom. The Balaban J connectivity index is 1.74. The molecule has 2 amide bonds. The molecule has 35 heavy (non-hydrogen) atoms. The molecule has 1 aliphatic heterocycles. The van der Waals surface area contributed by atoms with E-state index in [1.165, 1.54) is 6.07 Å². The third-order valence-electron chi connectivity index (χ3n) is 5.70. The molecule has 190 valence electrons. The zero-order valence-corrected chi connectivity index (χ0v) is 22.4. The van der Waals surface area contributed by atoms with Gasteiger partial charge < -0.3 is 19.7 Å². The van der Waals surface area contributed by atoms with Crippen molar-refractivity contribution in [3.8, 4) is 5.75 Å². The second-order valence-corrected chi connectivity index (χ2v) is 10.5. The highest BCUT2D eigenvalue weighted by molar-refractivity contribution is 9.10. The van der Waals surface area contributed by atoms with E-state index < -0.39 is 11.7 Å². The molecule has 0 aliphatic carbocycles. The number of carbonyl (C=O) groups is 2. The molecule has 2 aromatic carbocycles. The molecular weight excluding hydrogens is 517 g/mol. The number of amides is 2. The summed E-state index contributed by atoms with van der Waals surface area (Å²) >= 11 is 3.21. The van der Waals surface area contributed by atoms with Gasteiger partial charge in [0.2, 0.25) is 0 Å². The summed E-state index contributed by atoms with van der Waals surface area (Å²) in [5.74, 6) is 0.0283. The first kappa shape index (κ1) is 26.9. The number of ether oxygens (including phenoxy) is 2. The number of rotatable bonds is 6. The number of hydrogen-bond donors (Lipinski definition) is 1. The van der Waals surface area contributed by atoms with Crippen molar-refractivity contribution in [1.82, 2.24) is 15.1 Å². The predicted molar refractivity (Wildman–Crippen MR) is 136 cm³/mol. The van der Waals surface area contributed by atoms with E-state index in [4.69, 9.17) is 9.47 Å².